The molecule has 0 aromatic carbocycles. The van der Waals surface area contributed by atoms with Gasteiger partial charge in [-0.3, -0.25) is 0 Å². The largest absolute Gasteiger partial charge is 0.344 e. The van der Waals surface area contributed by atoms with Crippen LogP contribution in [0.1, 0.15) is 610 Å². The third kappa shape index (κ3) is 3320. The van der Waals surface area contributed by atoms with E-state index in [-0.39, 0.29) is 33.1 Å². The fraction of sp³-hybridized carbons (Fsp3) is 0.657. The number of hydrogen-bond donors (Lipinski definition) is 2. The third-order valence-electron chi connectivity index (χ3n) is 2.66. The molecule has 0 aliphatic carbocycles. The molecule has 0 radical (unpaired) electrons. The molecule has 876 valence electrons. The van der Waals surface area contributed by atoms with Crippen molar-refractivity contribution in [1.82, 2.24) is 6.15 Å². The molecule has 0 aliphatic rings. The Morgan fingerprint density at radius 1 is 0.184 bits per heavy atom. The smallest absolute Gasteiger partial charge is 0 e. The molecular formula is C140H278N6Ru. The van der Waals surface area contributed by atoms with Gasteiger partial charge >= 0.3 is 0 Å². The summed E-state index contributed by atoms with van der Waals surface area (Å²) < 4.78 is 0. The van der Waals surface area contributed by atoms with Crippen molar-refractivity contribution in [2.24, 2.45) is 23.2 Å². The quantitative estimate of drug-likeness (QED) is 0.0622. The third-order valence-corrected chi connectivity index (χ3v) is 2.66. The minimum Gasteiger partial charge on any atom is -0.344 e. The predicted molar refractivity (Wildman–Crippen MR) is 724 cm³/mol. The molecule has 7 heteroatoms. The van der Waals surface area contributed by atoms with Crippen LogP contribution in [0.3, 0.4) is 0 Å². The first-order chi connectivity index (χ1) is 70.3. The maximum absolute atomic E-state index is 6.86. The summed E-state index contributed by atoms with van der Waals surface area (Å²) in [5.41, 5.74) is 12.8. The molecule has 0 aliphatic heterocycles. The van der Waals surface area contributed by atoms with Gasteiger partial charge < -0.3 is 6.15 Å². The van der Waals surface area contributed by atoms with E-state index in [0.717, 1.165) is 17.8 Å². The van der Waals surface area contributed by atoms with Gasteiger partial charge in [0.05, 0.1) is 0 Å². The summed E-state index contributed by atoms with van der Waals surface area (Å²) in [6.45, 7) is 175. The van der Waals surface area contributed by atoms with Gasteiger partial charge in [-0.05, 0) is 286 Å². The molecule has 0 fully saturated rings. The van der Waals surface area contributed by atoms with Crippen LogP contribution in [0.25, 0.3) is 10.4 Å². The monoisotopic (exact) mass is 2150 g/mol. The van der Waals surface area contributed by atoms with Gasteiger partial charge in [0.25, 0.3) is 0 Å². The molecule has 0 aromatic rings. The van der Waals surface area contributed by atoms with E-state index in [9.17, 15) is 0 Å². The van der Waals surface area contributed by atoms with E-state index in [1.807, 2.05) is 485 Å². The van der Waals surface area contributed by atoms with E-state index in [1.165, 1.54) is 0 Å². The fourth-order valence-electron chi connectivity index (χ4n) is 1.21. The summed E-state index contributed by atoms with van der Waals surface area (Å²) in [5, 5.41) is 12.0. The Balaban J connectivity index is -0.0000000146. The van der Waals surface area contributed by atoms with Crippen molar-refractivity contribution in [3.05, 3.63) is 10.4 Å². The summed E-state index contributed by atoms with van der Waals surface area (Å²) in [7, 11) is 0. The Morgan fingerprint density at radius 3 is 0.252 bits per heavy atom. The van der Waals surface area contributed by atoms with Crippen molar-refractivity contribution in [1.29, 1.82) is 16.3 Å². The maximum atomic E-state index is 6.86. The number of nitrogens with one attached hydrogen (secondary N) is 1. The van der Waals surface area contributed by atoms with E-state index in [1.54, 1.807) is 32.6 Å². The van der Waals surface area contributed by atoms with Crippen LogP contribution < -0.4 is 6.15 Å². The first kappa shape index (κ1) is 328. The van der Waals surface area contributed by atoms with Crippen molar-refractivity contribution in [3.8, 4) is 287 Å². The zero-order chi connectivity index (χ0) is 130. The maximum Gasteiger partial charge on any atom is 0 e. The molecule has 0 rings (SSSR count). The molecule has 0 spiro atoms. The molecule has 0 saturated heterocycles. The van der Waals surface area contributed by atoms with Crippen LogP contribution in [0.5, 0.6) is 0 Å². The second-order valence-corrected chi connectivity index (χ2v) is 14.1. The predicted octanol–water partition coefficient (Wildman–Crippen LogP) is 47.5. The Morgan fingerprint density at radius 2 is 0.218 bits per heavy atom. The van der Waals surface area contributed by atoms with Crippen LogP contribution in [0.15, 0.2) is 0 Å². The molecular weight excluding hydrogens is 1870 g/mol. The Kier molecular flexibility index (Phi) is 2460. The first-order valence-corrected chi connectivity index (χ1v) is 55.8. The topological polar surface area (TPSA) is 143 Å². The van der Waals surface area contributed by atoms with Gasteiger partial charge in [0.1, 0.15) is 0 Å². The first-order valence-electron chi connectivity index (χ1n) is 55.8. The van der Waals surface area contributed by atoms with E-state index in [0.29, 0.717) is 5.41 Å². The summed E-state index contributed by atoms with van der Waals surface area (Å²) >= 11 is 0. The molecule has 4 N–H and O–H groups in total. The van der Waals surface area contributed by atoms with Crippen LogP contribution in [0.4, 0.5) is 0 Å². The molecule has 0 amide bonds. The fourth-order valence-corrected chi connectivity index (χ4v) is 1.21. The second-order valence-electron chi connectivity index (χ2n) is 14.1. The summed E-state index contributed by atoms with van der Waals surface area (Å²) in [6.07, 6.45) is 27.4. The average Bonchev–Trinajstić information content (AvgIpc) is 1.09. The van der Waals surface area contributed by atoms with Gasteiger partial charge in [0.15, 0.2) is 0 Å². The Hall–Kier alpha value is -11.2. The Bertz CT molecular complexity index is 3030. The molecule has 0 bridgehead atoms. The van der Waals surface area contributed by atoms with Gasteiger partial charge in [-0.25, -0.2) is 0 Å². The minimum atomic E-state index is 0. The number of terminal acetylenes is 5. The van der Waals surface area contributed by atoms with Crippen LogP contribution in [-0.4, -0.2) is 0 Å². The molecule has 147 heavy (non-hydrogen) atoms. The molecule has 0 atom stereocenters. The zero-order valence-electron chi connectivity index (χ0n) is 117. The van der Waals surface area contributed by atoms with Crippen LogP contribution >= 0.6 is 0 Å². The average molecular weight is 2150 g/mol. The van der Waals surface area contributed by atoms with Crippen LogP contribution in [0, 0.1) is 327 Å². The van der Waals surface area contributed by atoms with E-state index in [4.69, 9.17) is 47.5 Å². The standard InChI is InChI=1S/C14H2.C13H4.C12H6.C11H4.C5H12.3C4H10.35C2H6.C2H2.CH4.HN3.N2.H3N.Ru/c1-3-5-7-9-11-13-14-12-10-8-6-4-2;1-3-5-7-9-11-13-12-10-8-6-4-2;1-3-5-7-9-11-12-10-8-6-4-2;1-3-5-7-9-11-10-8-6-4-2;1-5(2,3)4;3*1-4(2)3;36*1-2;;1-3-2;1-2;;/h1-2H;1H,2H3;1-2H3;1H,2H3;1-4H3;3*4H,1-3H3;35*1-2H3;1-2H;1H4;1H;;1H3;. The van der Waals surface area contributed by atoms with Crippen molar-refractivity contribution in [3.63, 3.8) is 0 Å². The van der Waals surface area contributed by atoms with Gasteiger partial charge in [-0.1, -0.05) is 606 Å². The van der Waals surface area contributed by atoms with Crippen LogP contribution in [0.2, 0.25) is 0 Å². The van der Waals surface area contributed by atoms with Crippen molar-refractivity contribution in [2.75, 3.05) is 0 Å². The number of rotatable bonds is 0. The van der Waals surface area contributed by atoms with Crippen molar-refractivity contribution >= 4 is 0 Å². The van der Waals surface area contributed by atoms with E-state index in [2.05, 4.69) is 352 Å². The zero-order valence-corrected chi connectivity index (χ0v) is 119. The molecule has 0 aromatic heterocycles. The van der Waals surface area contributed by atoms with E-state index >= 15 is 0 Å². The number of nitrogens with zero attached hydrogens (tertiary/aromatic N) is 4. The summed E-state index contributed by atoms with van der Waals surface area (Å²) in [4.78, 5) is 1.75. The SMILES string of the molecule is C.C#C.C#CC#CC#CC#CC#CC.C#CC#CC#CC#CC#CC#CC.C#CC#CC#CC#CC#CC#CC#C.CC.CC.CC.CC.CC.CC.CC.CC.CC.CC.CC.CC.CC.CC.CC.CC.CC.CC.CC.CC.CC.CC.CC.CC.CC.CC.CC.CC.CC.CC.CC.CC.CC.CC.CC.CC#CC#CC#CC#CC#CC.CC(C)(C)C.CC(C)C.CC(C)C.CC(C)C.N.N#N.[N-]=[N+]=N.[Ru]. The molecule has 0 heterocycles. The van der Waals surface area contributed by atoms with Crippen molar-refractivity contribution < 1.29 is 19.5 Å². The van der Waals surface area contributed by atoms with Crippen LogP contribution in [-0.2, 0) is 19.5 Å². The minimum absolute atomic E-state index is 0. The number of hydrogen-bond acceptors (Lipinski definition) is 4. The van der Waals surface area contributed by atoms with Gasteiger partial charge in [-0.15, -0.1) is 44.1 Å². The van der Waals surface area contributed by atoms with Gasteiger partial charge in [0.2, 0.25) is 0 Å². The normalized spacial score (nSPS) is 3.90. The van der Waals surface area contributed by atoms with Crippen molar-refractivity contribution in [2.45, 2.75) is 610 Å². The van der Waals surface area contributed by atoms with Gasteiger partial charge in [-0.2, -0.15) is 0 Å². The second kappa shape index (κ2) is 1100. The molecule has 6 nitrogen and oxygen atoms in total. The summed E-state index contributed by atoms with van der Waals surface area (Å²) in [6, 6.07) is 0. The molecule has 0 saturated carbocycles. The Labute approximate surface area is 965 Å². The van der Waals surface area contributed by atoms with E-state index < -0.39 is 0 Å². The summed E-state index contributed by atoms with van der Waals surface area (Å²) in [5.74, 6) is 105. The van der Waals surface area contributed by atoms with Gasteiger partial charge in [0, 0.05) is 30.3 Å². The molecule has 0 unspecified atom stereocenters.